The normalized spacial score (nSPS) is 34.2. The molecule has 1 fully saturated rings. The standard InChI is InChI=1S/C8H10ClNO2/c9-6-2-8-7(11-4-12-8)1-5(6)3-10/h1-2,7-8H,3-4,10H2. The highest BCUT2D eigenvalue weighted by atomic mass is 35.5. The molecule has 0 bridgehead atoms. The SMILES string of the molecule is NCC1=CC2OCOC2C=C1Cl. The van der Waals surface area contributed by atoms with Gasteiger partial charge in [0.15, 0.2) is 0 Å². The molecule has 4 heteroatoms. The van der Waals surface area contributed by atoms with Gasteiger partial charge < -0.3 is 15.2 Å². The Bertz CT molecular complexity index is 249. The third-order valence-corrected chi connectivity index (χ3v) is 2.42. The molecule has 2 unspecified atom stereocenters. The van der Waals surface area contributed by atoms with Gasteiger partial charge in [-0.2, -0.15) is 0 Å². The van der Waals surface area contributed by atoms with Crippen LogP contribution in [0.15, 0.2) is 22.8 Å². The highest BCUT2D eigenvalue weighted by Crippen LogP contribution is 2.28. The van der Waals surface area contributed by atoms with Crippen molar-refractivity contribution in [3.63, 3.8) is 0 Å². The van der Waals surface area contributed by atoms with Gasteiger partial charge in [0, 0.05) is 11.6 Å². The molecule has 66 valence electrons. The van der Waals surface area contributed by atoms with E-state index in [1.807, 2.05) is 12.2 Å². The maximum Gasteiger partial charge on any atom is 0.148 e. The minimum atomic E-state index is -0.0206. The molecule has 2 aliphatic rings. The molecule has 2 N–H and O–H groups in total. The van der Waals surface area contributed by atoms with Crippen molar-refractivity contribution in [1.29, 1.82) is 0 Å². The molecular weight excluding hydrogens is 178 g/mol. The zero-order chi connectivity index (χ0) is 8.55. The highest BCUT2D eigenvalue weighted by Gasteiger charge is 2.29. The average molecular weight is 188 g/mol. The molecule has 1 aliphatic carbocycles. The van der Waals surface area contributed by atoms with Gasteiger partial charge in [-0.1, -0.05) is 11.6 Å². The highest BCUT2D eigenvalue weighted by molar-refractivity contribution is 6.32. The molecule has 0 radical (unpaired) electrons. The zero-order valence-corrected chi connectivity index (χ0v) is 7.25. The summed E-state index contributed by atoms with van der Waals surface area (Å²) in [4.78, 5) is 0. The Morgan fingerprint density at radius 2 is 2.08 bits per heavy atom. The van der Waals surface area contributed by atoms with Crippen LogP contribution in [0.3, 0.4) is 0 Å². The topological polar surface area (TPSA) is 44.5 Å². The van der Waals surface area contributed by atoms with Gasteiger partial charge in [-0.05, 0) is 17.7 Å². The second kappa shape index (κ2) is 3.18. The smallest absolute Gasteiger partial charge is 0.148 e. The molecule has 0 amide bonds. The quantitative estimate of drug-likeness (QED) is 0.659. The van der Waals surface area contributed by atoms with E-state index in [9.17, 15) is 0 Å². The lowest BCUT2D eigenvalue weighted by Gasteiger charge is -2.17. The predicted octanol–water partition coefficient (Wildman–Crippen LogP) is 0.749. The molecule has 2 atom stereocenters. The van der Waals surface area contributed by atoms with Crippen molar-refractivity contribution in [1.82, 2.24) is 0 Å². The summed E-state index contributed by atoms with van der Waals surface area (Å²) in [5.74, 6) is 0. The van der Waals surface area contributed by atoms with Crippen LogP contribution in [0.4, 0.5) is 0 Å². The van der Waals surface area contributed by atoms with Gasteiger partial charge in [0.05, 0.1) is 0 Å². The van der Waals surface area contributed by atoms with Crippen LogP contribution in [-0.4, -0.2) is 25.5 Å². The van der Waals surface area contributed by atoms with Crippen LogP contribution in [0.1, 0.15) is 0 Å². The summed E-state index contributed by atoms with van der Waals surface area (Å²) in [5, 5.41) is 0.684. The summed E-state index contributed by atoms with van der Waals surface area (Å²) >= 11 is 5.93. The summed E-state index contributed by atoms with van der Waals surface area (Å²) in [6.45, 7) is 0.784. The molecule has 1 aliphatic heterocycles. The molecule has 0 aromatic carbocycles. The van der Waals surface area contributed by atoms with Gasteiger partial charge in [-0.15, -0.1) is 0 Å². The van der Waals surface area contributed by atoms with Gasteiger partial charge >= 0.3 is 0 Å². The minimum Gasteiger partial charge on any atom is -0.345 e. The Balaban J connectivity index is 2.23. The van der Waals surface area contributed by atoms with Crippen LogP contribution in [0.25, 0.3) is 0 Å². The van der Waals surface area contributed by atoms with Gasteiger partial charge in [-0.25, -0.2) is 0 Å². The van der Waals surface area contributed by atoms with E-state index in [4.69, 9.17) is 26.8 Å². The van der Waals surface area contributed by atoms with E-state index in [2.05, 4.69) is 0 Å². The Kier molecular flexibility index (Phi) is 2.19. The first-order valence-electron chi connectivity index (χ1n) is 3.83. The average Bonchev–Trinajstić information content (AvgIpc) is 2.49. The lowest BCUT2D eigenvalue weighted by Crippen LogP contribution is -2.24. The number of hydrogen-bond acceptors (Lipinski definition) is 3. The van der Waals surface area contributed by atoms with Crippen LogP contribution in [0.2, 0.25) is 0 Å². The Morgan fingerprint density at radius 3 is 2.75 bits per heavy atom. The van der Waals surface area contributed by atoms with Crippen molar-refractivity contribution in [2.45, 2.75) is 12.2 Å². The molecule has 3 nitrogen and oxygen atoms in total. The van der Waals surface area contributed by atoms with Crippen LogP contribution in [0.5, 0.6) is 0 Å². The van der Waals surface area contributed by atoms with E-state index in [1.54, 1.807) is 0 Å². The van der Waals surface area contributed by atoms with E-state index >= 15 is 0 Å². The molecule has 0 aromatic heterocycles. The predicted molar refractivity (Wildman–Crippen MR) is 45.7 cm³/mol. The van der Waals surface area contributed by atoms with E-state index in [0.29, 0.717) is 18.4 Å². The number of ether oxygens (including phenoxy) is 2. The molecular formula is C8H10ClNO2. The summed E-state index contributed by atoms with van der Waals surface area (Å²) in [6, 6.07) is 0. The van der Waals surface area contributed by atoms with Crippen molar-refractivity contribution in [2.75, 3.05) is 13.3 Å². The Morgan fingerprint density at radius 1 is 1.42 bits per heavy atom. The number of rotatable bonds is 1. The first-order chi connectivity index (χ1) is 5.81. The van der Waals surface area contributed by atoms with Gasteiger partial charge in [0.1, 0.15) is 19.0 Å². The lowest BCUT2D eigenvalue weighted by atomic mass is 10.0. The fourth-order valence-electron chi connectivity index (χ4n) is 1.37. The maximum atomic E-state index is 5.93. The second-order valence-electron chi connectivity index (χ2n) is 2.79. The van der Waals surface area contributed by atoms with Crippen molar-refractivity contribution >= 4 is 11.6 Å². The summed E-state index contributed by atoms with van der Waals surface area (Å²) < 4.78 is 10.5. The van der Waals surface area contributed by atoms with Crippen LogP contribution in [0, 0.1) is 0 Å². The van der Waals surface area contributed by atoms with Crippen molar-refractivity contribution in [2.24, 2.45) is 5.73 Å². The molecule has 0 saturated carbocycles. The number of nitrogens with two attached hydrogens (primary N) is 1. The van der Waals surface area contributed by atoms with Gasteiger partial charge in [0.2, 0.25) is 0 Å². The first-order valence-corrected chi connectivity index (χ1v) is 4.20. The third-order valence-electron chi connectivity index (χ3n) is 2.05. The molecule has 2 rings (SSSR count). The Hall–Kier alpha value is -0.350. The zero-order valence-electron chi connectivity index (χ0n) is 6.50. The fraction of sp³-hybridized carbons (Fsp3) is 0.500. The summed E-state index contributed by atoms with van der Waals surface area (Å²) in [7, 11) is 0. The number of fused-ring (bicyclic) bond motifs is 1. The van der Waals surface area contributed by atoms with E-state index in [1.165, 1.54) is 0 Å². The van der Waals surface area contributed by atoms with Crippen LogP contribution in [-0.2, 0) is 9.47 Å². The molecule has 1 saturated heterocycles. The Labute approximate surface area is 75.8 Å². The van der Waals surface area contributed by atoms with Crippen molar-refractivity contribution in [3.05, 3.63) is 22.8 Å². The molecule has 0 spiro atoms. The number of hydrogen-bond donors (Lipinski definition) is 1. The van der Waals surface area contributed by atoms with Crippen molar-refractivity contribution < 1.29 is 9.47 Å². The van der Waals surface area contributed by atoms with E-state index in [-0.39, 0.29) is 12.2 Å². The van der Waals surface area contributed by atoms with Gasteiger partial charge in [0.25, 0.3) is 0 Å². The monoisotopic (exact) mass is 187 g/mol. The van der Waals surface area contributed by atoms with Crippen LogP contribution < -0.4 is 5.73 Å². The van der Waals surface area contributed by atoms with Crippen LogP contribution >= 0.6 is 11.6 Å². The summed E-state index contributed by atoms with van der Waals surface area (Å²) in [5.41, 5.74) is 6.42. The fourth-order valence-corrected chi connectivity index (χ4v) is 1.63. The second-order valence-corrected chi connectivity index (χ2v) is 3.20. The van der Waals surface area contributed by atoms with Crippen molar-refractivity contribution in [3.8, 4) is 0 Å². The first kappa shape index (κ1) is 8.26. The third kappa shape index (κ3) is 1.29. The lowest BCUT2D eigenvalue weighted by molar-refractivity contribution is 0.0503. The molecule has 1 heterocycles. The summed E-state index contributed by atoms with van der Waals surface area (Å²) in [6.07, 6.45) is 3.76. The van der Waals surface area contributed by atoms with E-state index < -0.39 is 0 Å². The van der Waals surface area contributed by atoms with E-state index in [0.717, 1.165) is 5.57 Å². The number of halogens is 1. The maximum absolute atomic E-state index is 5.93. The molecule has 12 heavy (non-hydrogen) atoms. The minimum absolute atomic E-state index is 0.00560. The largest absolute Gasteiger partial charge is 0.345 e. The van der Waals surface area contributed by atoms with Gasteiger partial charge in [-0.3, -0.25) is 0 Å². The molecule has 0 aromatic rings.